The van der Waals surface area contributed by atoms with E-state index in [4.69, 9.17) is 4.74 Å². The highest BCUT2D eigenvalue weighted by atomic mass is 31.2. The summed E-state index contributed by atoms with van der Waals surface area (Å²) in [6, 6.07) is 1.44. The van der Waals surface area contributed by atoms with Crippen molar-refractivity contribution in [3.63, 3.8) is 0 Å². The van der Waals surface area contributed by atoms with Crippen LogP contribution in [0.15, 0.2) is 21.7 Å². The molecule has 0 fully saturated rings. The van der Waals surface area contributed by atoms with Gasteiger partial charge in [-0.3, -0.25) is 18.7 Å². The molecule has 0 bridgehead atoms. The van der Waals surface area contributed by atoms with Gasteiger partial charge in [0.25, 0.3) is 0 Å². The molecule has 2 aromatic rings. The van der Waals surface area contributed by atoms with Crippen LogP contribution in [0.25, 0.3) is 11.0 Å². The van der Waals surface area contributed by atoms with Crippen LogP contribution in [0.1, 0.15) is 19.4 Å². The molecule has 0 aliphatic heterocycles. The number of benzene rings is 1. The van der Waals surface area contributed by atoms with Gasteiger partial charge in [0.05, 0.1) is 16.6 Å². The fourth-order valence-corrected chi connectivity index (χ4v) is 3.44. The first kappa shape index (κ1) is 23.1. The van der Waals surface area contributed by atoms with Gasteiger partial charge in [-0.05, 0) is 19.2 Å². The first-order valence-corrected chi connectivity index (χ1v) is 10.4. The third kappa shape index (κ3) is 5.69. The Kier molecular flexibility index (Phi) is 6.94. The average Bonchev–Trinajstić information content (AvgIpc) is 2.60. The lowest BCUT2D eigenvalue weighted by Gasteiger charge is -2.20. The number of fused-ring (bicyclic) bond motifs is 1. The van der Waals surface area contributed by atoms with Crippen LogP contribution in [0.2, 0.25) is 0 Å². The normalized spacial score (nSPS) is 12.7. The van der Waals surface area contributed by atoms with E-state index in [0.717, 1.165) is 6.07 Å². The molecule has 3 N–H and O–H groups in total. The molecule has 1 heterocycles. The molecule has 0 saturated carbocycles. The zero-order chi connectivity index (χ0) is 22.0. The van der Waals surface area contributed by atoms with E-state index < -0.39 is 48.0 Å². The summed E-state index contributed by atoms with van der Waals surface area (Å²) in [7, 11) is -4.80. The standard InChI is InChI=1S/C16H21F3N3O6P/c1-3-21(4-2)5-6-28-13-8-12-11(7-10(13)16(17,18)19)20-14(23)15(24)22(12)9-29(25,26)27/h7-8H,3-6,9H2,1-2H3,(H,20,23)(H2,25,26,27). The predicted molar refractivity (Wildman–Crippen MR) is 99.2 cm³/mol. The highest BCUT2D eigenvalue weighted by molar-refractivity contribution is 7.50. The summed E-state index contributed by atoms with van der Waals surface area (Å²) < 4.78 is 57.5. The van der Waals surface area contributed by atoms with Crippen molar-refractivity contribution in [2.24, 2.45) is 0 Å². The molecule has 29 heavy (non-hydrogen) atoms. The number of aromatic amines is 1. The Labute approximate surface area is 162 Å². The van der Waals surface area contributed by atoms with Gasteiger partial charge in [0.2, 0.25) is 0 Å². The van der Waals surface area contributed by atoms with E-state index in [-0.39, 0.29) is 12.1 Å². The van der Waals surface area contributed by atoms with Crippen LogP contribution in [-0.4, -0.2) is 50.5 Å². The first-order valence-electron chi connectivity index (χ1n) is 8.65. The maximum absolute atomic E-state index is 13.5. The van der Waals surface area contributed by atoms with E-state index in [1.165, 1.54) is 0 Å². The second-order valence-electron chi connectivity index (χ2n) is 6.23. The summed E-state index contributed by atoms with van der Waals surface area (Å²) in [5, 5.41) is 0. The van der Waals surface area contributed by atoms with Gasteiger partial charge >= 0.3 is 24.9 Å². The van der Waals surface area contributed by atoms with Crippen molar-refractivity contribution in [2.75, 3.05) is 26.2 Å². The lowest BCUT2D eigenvalue weighted by atomic mass is 10.1. The second kappa shape index (κ2) is 8.70. The first-order chi connectivity index (χ1) is 13.4. The summed E-state index contributed by atoms with van der Waals surface area (Å²) in [5.74, 6) is -0.608. The highest BCUT2D eigenvalue weighted by Gasteiger charge is 2.35. The number of ether oxygens (including phenoxy) is 1. The number of rotatable bonds is 8. The lowest BCUT2D eigenvalue weighted by Crippen LogP contribution is -2.36. The third-order valence-electron chi connectivity index (χ3n) is 4.27. The van der Waals surface area contributed by atoms with Crippen molar-refractivity contribution in [1.29, 1.82) is 0 Å². The van der Waals surface area contributed by atoms with Gasteiger partial charge in [-0.2, -0.15) is 13.2 Å². The minimum atomic E-state index is -4.82. The van der Waals surface area contributed by atoms with Crippen LogP contribution < -0.4 is 15.9 Å². The van der Waals surface area contributed by atoms with Crippen LogP contribution in [0, 0.1) is 0 Å². The predicted octanol–water partition coefficient (Wildman–Crippen LogP) is 1.56. The Hall–Kier alpha value is -2.14. The molecule has 0 spiro atoms. The van der Waals surface area contributed by atoms with Crippen molar-refractivity contribution in [3.8, 4) is 5.75 Å². The summed E-state index contributed by atoms with van der Waals surface area (Å²) in [5.41, 5.74) is -4.46. The minimum absolute atomic E-state index is 0.0810. The molecule has 2 rings (SSSR count). The van der Waals surface area contributed by atoms with Crippen LogP contribution in [0.4, 0.5) is 13.2 Å². The number of alkyl halides is 3. The van der Waals surface area contributed by atoms with E-state index >= 15 is 0 Å². The number of hydrogen-bond donors (Lipinski definition) is 3. The van der Waals surface area contributed by atoms with Crippen LogP contribution in [0.5, 0.6) is 5.75 Å². The second-order valence-corrected chi connectivity index (χ2v) is 7.84. The van der Waals surface area contributed by atoms with Crippen LogP contribution in [-0.2, 0) is 17.0 Å². The molecule has 9 nitrogen and oxygen atoms in total. The topological polar surface area (TPSA) is 125 Å². The van der Waals surface area contributed by atoms with Crippen LogP contribution >= 0.6 is 7.60 Å². The van der Waals surface area contributed by atoms with Crippen molar-refractivity contribution in [1.82, 2.24) is 14.5 Å². The quantitative estimate of drug-likeness (QED) is 0.421. The molecule has 13 heteroatoms. The summed E-state index contributed by atoms with van der Waals surface area (Å²) in [4.78, 5) is 46.1. The van der Waals surface area contributed by atoms with Gasteiger partial charge in [0.15, 0.2) is 0 Å². The Bertz CT molecular complexity index is 1040. The van der Waals surface area contributed by atoms with Gasteiger partial charge in [-0.25, -0.2) is 0 Å². The fourth-order valence-electron chi connectivity index (χ4n) is 2.79. The average molecular weight is 439 g/mol. The Morgan fingerprint density at radius 2 is 1.83 bits per heavy atom. The van der Waals surface area contributed by atoms with E-state index in [2.05, 4.69) is 0 Å². The van der Waals surface area contributed by atoms with Crippen molar-refractivity contribution in [3.05, 3.63) is 38.4 Å². The summed E-state index contributed by atoms with van der Waals surface area (Å²) in [6.07, 6.45) is -5.98. The number of aromatic nitrogens is 2. The number of likely N-dealkylation sites (N-methyl/N-ethyl adjacent to an activating group) is 1. The maximum Gasteiger partial charge on any atom is 0.420 e. The van der Waals surface area contributed by atoms with Gasteiger partial charge in [-0.1, -0.05) is 13.8 Å². The van der Waals surface area contributed by atoms with E-state index in [0.29, 0.717) is 30.3 Å². The molecule has 0 atom stereocenters. The van der Waals surface area contributed by atoms with Gasteiger partial charge in [-0.15, -0.1) is 0 Å². The molecule has 1 aromatic carbocycles. The third-order valence-corrected chi connectivity index (χ3v) is 4.92. The summed E-state index contributed by atoms with van der Waals surface area (Å²) in [6.45, 7) is 5.39. The van der Waals surface area contributed by atoms with E-state index in [9.17, 15) is 37.1 Å². The zero-order valence-electron chi connectivity index (χ0n) is 15.7. The lowest BCUT2D eigenvalue weighted by molar-refractivity contribution is -0.138. The number of nitrogens with zero attached hydrogens (tertiary/aromatic N) is 2. The van der Waals surface area contributed by atoms with Crippen LogP contribution in [0.3, 0.4) is 0 Å². The fraction of sp³-hybridized carbons (Fsp3) is 0.500. The molecule has 162 valence electrons. The molecule has 0 radical (unpaired) electrons. The van der Waals surface area contributed by atoms with Crippen molar-refractivity contribution < 1.29 is 32.3 Å². The number of halogens is 3. The van der Waals surface area contributed by atoms with Gasteiger partial charge in [0.1, 0.15) is 18.6 Å². The Morgan fingerprint density at radius 1 is 1.21 bits per heavy atom. The van der Waals surface area contributed by atoms with E-state index in [1.807, 2.05) is 23.7 Å². The number of H-pyrrole nitrogens is 1. The largest absolute Gasteiger partial charge is 0.492 e. The molecular formula is C16H21F3N3O6P. The molecular weight excluding hydrogens is 418 g/mol. The van der Waals surface area contributed by atoms with Gasteiger partial charge < -0.3 is 24.4 Å². The smallest absolute Gasteiger partial charge is 0.420 e. The Balaban J connectivity index is 2.63. The van der Waals surface area contributed by atoms with Gasteiger partial charge in [0, 0.05) is 12.6 Å². The highest BCUT2D eigenvalue weighted by Crippen LogP contribution is 2.40. The molecule has 0 aliphatic rings. The molecule has 0 amide bonds. The minimum Gasteiger partial charge on any atom is -0.492 e. The molecule has 0 unspecified atom stereocenters. The zero-order valence-corrected chi connectivity index (χ0v) is 16.6. The van der Waals surface area contributed by atoms with Crippen molar-refractivity contribution >= 4 is 18.6 Å². The monoisotopic (exact) mass is 439 g/mol. The molecule has 0 aliphatic carbocycles. The molecule has 0 saturated heterocycles. The molecule has 1 aromatic heterocycles. The maximum atomic E-state index is 13.5. The number of hydrogen-bond acceptors (Lipinski definition) is 5. The van der Waals surface area contributed by atoms with Crippen molar-refractivity contribution in [2.45, 2.75) is 26.3 Å². The SMILES string of the molecule is CCN(CC)CCOc1cc2c(cc1C(F)(F)F)[nH]c(=O)c(=O)n2CP(=O)(O)O. The summed E-state index contributed by atoms with van der Waals surface area (Å²) >= 11 is 0. The van der Waals surface area contributed by atoms with E-state index in [1.54, 1.807) is 0 Å². The number of nitrogens with one attached hydrogen (secondary N) is 1. The Morgan fingerprint density at radius 3 is 2.34 bits per heavy atom.